The number of hydrogen-bond acceptors (Lipinski definition) is 6. The van der Waals surface area contributed by atoms with E-state index in [9.17, 15) is 0 Å². The molecular formula is C13H21N5S. The molecule has 0 unspecified atom stereocenters. The Hall–Kier alpha value is -1.40. The fourth-order valence-corrected chi connectivity index (χ4v) is 2.88. The number of aryl methyl sites for hydroxylation is 1. The van der Waals surface area contributed by atoms with Gasteiger partial charge in [0.15, 0.2) is 0 Å². The van der Waals surface area contributed by atoms with Crippen LogP contribution in [-0.4, -0.2) is 16.5 Å². The van der Waals surface area contributed by atoms with E-state index in [4.69, 9.17) is 5.84 Å². The van der Waals surface area contributed by atoms with Crippen LogP contribution >= 0.6 is 11.3 Å². The average molecular weight is 279 g/mol. The first-order chi connectivity index (χ1) is 9.24. The Balaban J connectivity index is 2.11. The first-order valence-corrected chi connectivity index (χ1v) is 7.55. The number of nitrogens with one attached hydrogen (secondary N) is 2. The molecule has 0 bridgehead atoms. The summed E-state index contributed by atoms with van der Waals surface area (Å²) in [7, 11) is 0. The summed E-state index contributed by atoms with van der Waals surface area (Å²) in [5.74, 6) is 6.75. The quantitative estimate of drug-likeness (QED) is 0.412. The average Bonchev–Trinajstić information content (AvgIpc) is 2.78. The van der Waals surface area contributed by atoms with E-state index in [0.717, 1.165) is 29.0 Å². The zero-order valence-corrected chi connectivity index (χ0v) is 12.3. The summed E-state index contributed by atoms with van der Waals surface area (Å²) >= 11 is 1.66. The predicted molar refractivity (Wildman–Crippen MR) is 82.6 cm³/mol. The lowest BCUT2D eigenvalue weighted by Crippen LogP contribution is -2.12. The molecule has 0 spiro atoms. The number of anilines is 2. The van der Waals surface area contributed by atoms with Crippen molar-refractivity contribution in [3.8, 4) is 0 Å². The summed E-state index contributed by atoms with van der Waals surface area (Å²) in [6.45, 7) is 5.23. The molecule has 4 N–H and O–H groups in total. The highest BCUT2D eigenvalue weighted by atomic mass is 32.1. The fraction of sp³-hybridized carbons (Fsp3) is 0.538. The summed E-state index contributed by atoms with van der Waals surface area (Å²) < 4.78 is 0. The van der Waals surface area contributed by atoms with Crippen LogP contribution in [0, 0.1) is 6.92 Å². The van der Waals surface area contributed by atoms with Gasteiger partial charge in [0.1, 0.15) is 10.6 Å². The van der Waals surface area contributed by atoms with Crippen LogP contribution in [0.3, 0.4) is 0 Å². The molecule has 2 rings (SSSR count). The summed E-state index contributed by atoms with van der Waals surface area (Å²) in [4.78, 5) is 11.0. The molecule has 2 aromatic heterocycles. The summed E-state index contributed by atoms with van der Waals surface area (Å²) in [5, 5.41) is 4.48. The third-order valence-corrected chi connectivity index (χ3v) is 3.91. The first kappa shape index (κ1) is 14.0. The van der Waals surface area contributed by atoms with Crippen LogP contribution in [0.5, 0.6) is 0 Å². The highest BCUT2D eigenvalue weighted by Gasteiger charge is 2.09. The molecule has 104 valence electrons. The van der Waals surface area contributed by atoms with Crippen molar-refractivity contribution in [3.05, 3.63) is 10.9 Å². The molecule has 0 saturated heterocycles. The predicted octanol–water partition coefficient (Wildman–Crippen LogP) is 3.28. The Labute approximate surface area is 117 Å². The van der Waals surface area contributed by atoms with Crippen LogP contribution in [0.25, 0.3) is 10.2 Å². The molecule has 0 amide bonds. The number of rotatable bonds is 7. The van der Waals surface area contributed by atoms with E-state index >= 15 is 0 Å². The van der Waals surface area contributed by atoms with Crippen LogP contribution < -0.4 is 16.6 Å². The van der Waals surface area contributed by atoms with Gasteiger partial charge in [0.2, 0.25) is 5.95 Å². The van der Waals surface area contributed by atoms with Crippen molar-refractivity contribution < 1.29 is 0 Å². The maximum absolute atomic E-state index is 5.41. The molecule has 5 nitrogen and oxygen atoms in total. The maximum Gasteiger partial charge on any atom is 0.240 e. The molecule has 2 aromatic rings. The SMILES string of the molecule is CCCCCCNc1nc(NN)nc2sc(C)cc12. The lowest BCUT2D eigenvalue weighted by atomic mass is 10.2. The van der Waals surface area contributed by atoms with Crippen molar-refractivity contribution in [1.82, 2.24) is 9.97 Å². The topological polar surface area (TPSA) is 75.9 Å². The Morgan fingerprint density at radius 1 is 1.26 bits per heavy atom. The van der Waals surface area contributed by atoms with Crippen LogP contribution in [0.4, 0.5) is 11.8 Å². The minimum atomic E-state index is 0.463. The molecule has 0 aliphatic carbocycles. The van der Waals surface area contributed by atoms with E-state index < -0.39 is 0 Å². The van der Waals surface area contributed by atoms with E-state index in [2.05, 4.69) is 40.6 Å². The van der Waals surface area contributed by atoms with Gasteiger partial charge >= 0.3 is 0 Å². The number of thiophene rings is 1. The lowest BCUT2D eigenvalue weighted by molar-refractivity contribution is 0.684. The van der Waals surface area contributed by atoms with Crippen molar-refractivity contribution in [3.63, 3.8) is 0 Å². The van der Waals surface area contributed by atoms with Gasteiger partial charge in [-0.2, -0.15) is 4.98 Å². The number of hydrogen-bond donors (Lipinski definition) is 3. The summed E-state index contributed by atoms with van der Waals surface area (Å²) in [5.41, 5.74) is 2.52. The number of fused-ring (bicyclic) bond motifs is 1. The molecular weight excluding hydrogens is 258 g/mol. The van der Waals surface area contributed by atoms with Crippen molar-refractivity contribution in [1.29, 1.82) is 0 Å². The molecule has 19 heavy (non-hydrogen) atoms. The second-order valence-corrected chi connectivity index (χ2v) is 5.84. The second-order valence-electron chi connectivity index (χ2n) is 4.60. The minimum Gasteiger partial charge on any atom is -0.369 e. The van der Waals surface area contributed by atoms with E-state index in [0.29, 0.717) is 5.95 Å². The standard InChI is InChI=1S/C13H21N5S/c1-3-4-5-6-7-15-11-10-8-9(2)19-12(10)17-13(16-11)18-14/h8H,3-7,14H2,1-2H3,(H2,15,16,17,18). The fourth-order valence-electron chi connectivity index (χ4n) is 2.00. The molecule has 0 fully saturated rings. The number of nitrogen functional groups attached to an aromatic ring is 1. The highest BCUT2D eigenvalue weighted by molar-refractivity contribution is 7.18. The number of nitrogens with zero attached hydrogens (tertiary/aromatic N) is 2. The monoisotopic (exact) mass is 279 g/mol. The van der Waals surface area contributed by atoms with Gasteiger partial charge in [0.25, 0.3) is 0 Å². The van der Waals surface area contributed by atoms with Gasteiger partial charge in [0.05, 0.1) is 5.39 Å². The van der Waals surface area contributed by atoms with Gasteiger partial charge in [0, 0.05) is 11.4 Å². The Morgan fingerprint density at radius 3 is 2.84 bits per heavy atom. The van der Waals surface area contributed by atoms with Gasteiger partial charge in [-0.3, -0.25) is 5.43 Å². The lowest BCUT2D eigenvalue weighted by Gasteiger charge is -2.08. The van der Waals surface area contributed by atoms with E-state index in [1.54, 1.807) is 11.3 Å². The molecule has 0 radical (unpaired) electrons. The highest BCUT2D eigenvalue weighted by Crippen LogP contribution is 2.29. The number of nitrogens with two attached hydrogens (primary N) is 1. The molecule has 0 atom stereocenters. The van der Waals surface area contributed by atoms with E-state index in [1.165, 1.54) is 24.1 Å². The van der Waals surface area contributed by atoms with Crippen molar-refractivity contribution >= 4 is 33.3 Å². The summed E-state index contributed by atoms with van der Waals surface area (Å²) in [6, 6.07) is 2.12. The van der Waals surface area contributed by atoms with Gasteiger partial charge in [-0.25, -0.2) is 10.8 Å². The third kappa shape index (κ3) is 3.54. The normalized spacial score (nSPS) is 10.9. The minimum absolute atomic E-state index is 0.463. The van der Waals surface area contributed by atoms with Crippen LogP contribution in [0.1, 0.15) is 37.5 Å². The Kier molecular flexibility index (Phi) is 4.93. The Morgan fingerprint density at radius 2 is 2.11 bits per heavy atom. The van der Waals surface area contributed by atoms with Crippen molar-refractivity contribution in [2.75, 3.05) is 17.3 Å². The van der Waals surface area contributed by atoms with Gasteiger partial charge < -0.3 is 5.32 Å². The zero-order chi connectivity index (χ0) is 13.7. The van der Waals surface area contributed by atoms with Crippen LogP contribution in [0.15, 0.2) is 6.07 Å². The van der Waals surface area contributed by atoms with Crippen molar-refractivity contribution in [2.24, 2.45) is 5.84 Å². The Bertz CT molecular complexity index is 537. The molecule has 6 heteroatoms. The van der Waals surface area contributed by atoms with Crippen LogP contribution in [-0.2, 0) is 0 Å². The molecule has 0 aliphatic heterocycles. The smallest absolute Gasteiger partial charge is 0.240 e. The van der Waals surface area contributed by atoms with Gasteiger partial charge in [-0.15, -0.1) is 11.3 Å². The number of unbranched alkanes of at least 4 members (excludes halogenated alkanes) is 3. The first-order valence-electron chi connectivity index (χ1n) is 6.73. The number of hydrazine groups is 1. The molecule has 0 aliphatic rings. The third-order valence-electron chi connectivity index (χ3n) is 2.97. The largest absolute Gasteiger partial charge is 0.369 e. The molecule has 2 heterocycles. The van der Waals surface area contributed by atoms with E-state index in [1.807, 2.05) is 0 Å². The number of aromatic nitrogens is 2. The maximum atomic E-state index is 5.41. The second kappa shape index (κ2) is 6.68. The summed E-state index contributed by atoms with van der Waals surface area (Å²) in [6.07, 6.45) is 4.95. The molecule has 0 aromatic carbocycles. The van der Waals surface area contributed by atoms with Gasteiger partial charge in [-0.1, -0.05) is 26.2 Å². The van der Waals surface area contributed by atoms with Crippen LogP contribution in [0.2, 0.25) is 0 Å². The van der Waals surface area contributed by atoms with Crippen molar-refractivity contribution in [2.45, 2.75) is 39.5 Å². The zero-order valence-electron chi connectivity index (χ0n) is 11.5. The van der Waals surface area contributed by atoms with E-state index in [-0.39, 0.29) is 0 Å². The van der Waals surface area contributed by atoms with Gasteiger partial charge in [-0.05, 0) is 19.4 Å². The molecule has 0 saturated carbocycles.